The van der Waals surface area contributed by atoms with Gasteiger partial charge >= 0.3 is 45.5 Å². The van der Waals surface area contributed by atoms with Gasteiger partial charge in [0.05, 0.1) is 0 Å². The summed E-state index contributed by atoms with van der Waals surface area (Å²) in [6.45, 7) is 2.48. The van der Waals surface area contributed by atoms with Gasteiger partial charge in [-0.3, -0.25) is 0 Å². The third-order valence-corrected chi connectivity index (χ3v) is 2.48. The van der Waals surface area contributed by atoms with Crippen LogP contribution in [-0.4, -0.2) is 58.6 Å². The summed E-state index contributed by atoms with van der Waals surface area (Å²) in [5.74, 6) is 0. The molecule has 1 aromatic carbocycles. The number of nitrogens with zero attached hydrogens (tertiary/aromatic N) is 1. The van der Waals surface area contributed by atoms with Crippen molar-refractivity contribution in [3.05, 3.63) is 30.3 Å². The third kappa shape index (κ3) is 3.28. The van der Waals surface area contributed by atoms with Gasteiger partial charge in [0.1, 0.15) is 0 Å². The molecule has 0 N–H and O–H groups in total. The number of benzene rings is 1. The Morgan fingerprint density at radius 3 is 2.15 bits per heavy atom. The smallest absolute Gasteiger partial charge is 1.00 e. The van der Waals surface area contributed by atoms with Gasteiger partial charge in [0.2, 0.25) is 0 Å². The van der Waals surface area contributed by atoms with Crippen molar-refractivity contribution in [3.63, 3.8) is 0 Å². The fraction of sp³-hybridized carbons (Fsp3) is 0.455. The second-order valence-electron chi connectivity index (χ2n) is 3.38. The maximum absolute atomic E-state index is 2.48. The Morgan fingerprint density at radius 1 is 0.923 bits per heavy atom. The zero-order chi connectivity index (χ0) is 8.23. The van der Waals surface area contributed by atoms with Crippen molar-refractivity contribution in [2.45, 2.75) is 19.3 Å². The molecule has 68 valence electrons. The number of hydrogen-bond acceptors (Lipinski definition) is 1. The molecule has 0 amide bonds. The molecule has 0 spiro atoms. The molecule has 0 unspecified atom stereocenters. The van der Waals surface area contributed by atoms with Crippen LogP contribution in [0, 0.1) is 0 Å². The Morgan fingerprint density at radius 2 is 1.54 bits per heavy atom. The van der Waals surface area contributed by atoms with Gasteiger partial charge < -0.3 is 7.75 Å². The Balaban J connectivity index is 0. The minimum absolute atomic E-state index is 0. The molecule has 1 saturated heterocycles. The molecular formula is C11H17NSr. The molecule has 2 heteroatoms. The van der Waals surface area contributed by atoms with Crippen molar-refractivity contribution in [2.75, 3.05) is 18.0 Å². The van der Waals surface area contributed by atoms with Gasteiger partial charge in [0, 0.05) is 18.8 Å². The standard InChI is InChI=1S/C11H15N.Sr.2H/c1-3-7-11(8-4-1)12-9-5-2-6-10-12;;;/h1,3-4,7-8H,2,5-6,9-10H2;;;/q;+2;2*-1. The zero-order valence-electron chi connectivity index (χ0n) is 10.1. The van der Waals surface area contributed by atoms with E-state index in [1.54, 1.807) is 0 Å². The SMILES string of the molecule is [H-].[H-].[Sr+2].c1ccc(N2CCCCC2)cc1. The molecule has 2 rings (SSSR count). The number of rotatable bonds is 1. The zero-order valence-corrected chi connectivity index (χ0v) is 11.6. The maximum atomic E-state index is 2.48. The molecule has 0 saturated carbocycles. The number of hydrogen-bond donors (Lipinski definition) is 0. The molecule has 1 aromatic rings. The second-order valence-corrected chi connectivity index (χ2v) is 3.38. The van der Waals surface area contributed by atoms with Gasteiger partial charge in [-0.1, -0.05) is 18.2 Å². The van der Waals surface area contributed by atoms with Crippen LogP contribution >= 0.6 is 0 Å². The normalized spacial score (nSPS) is 16.5. The van der Waals surface area contributed by atoms with Crippen molar-refractivity contribution in [2.24, 2.45) is 0 Å². The van der Waals surface area contributed by atoms with Crippen LogP contribution < -0.4 is 4.90 Å². The molecule has 0 radical (unpaired) electrons. The van der Waals surface area contributed by atoms with Gasteiger partial charge in [-0.15, -0.1) is 0 Å². The summed E-state index contributed by atoms with van der Waals surface area (Å²) in [6.07, 6.45) is 4.12. The van der Waals surface area contributed by atoms with Gasteiger partial charge in [-0.2, -0.15) is 0 Å². The van der Waals surface area contributed by atoms with Gasteiger partial charge in [0.15, 0.2) is 0 Å². The number of anilines is 1. The summed E-state index contributed by atoms with van der Waals surface area (Å²) in [4.78, 5) is 2.48. The Hall–Kier alpha value is 0.501. The first-order chi connectivity index (χ1) is 5.97. The molecule has 0 aliphatic carbocycles. The molecular weight excluding hydrogens is 234 g/mol. The van der Waals surface area contributed by atoms with Crippen LogP contribution in [0.3, 0.4) is 0 Å². The molecule has 1 fully saturated rings. The van der Waals surface area contributed by atoms with Crippen LogP contribution in [0.4, 0.5) is 5.69 Å². The van der Waals surface area contributed by atoms with Crippen LogP contribution in [0.15, 0.2) is 30.3 Å². The first kappa shape index (κ1) is 11.6. The fourth-order valence-corrected chi connectivity index (χ4v) is 1.79. The average Bonchev–Trinajstić information content (AvgIpc) is 2.21. The van der Waals surface area contributed by atoms with E-state index in [9.17, 15) is 0 Å². The molecule has 0 aromatic heterocycles. The van der Waals surface area contributed by atoms with E-state index in [-0.39, 0.29) is 48.3 Å². The van der Waals surface area contributed by atoms with E-state index >= 15 is 0 Å². The predicted octanol–water partition coefficient (Wildman–Crippen LogP) is 2.52. The van der Waals surface area contributed by atoms with Crippen molar-refractivity contribution >= 4 is 51.2 Å². The van der Waals surface area contributed by atoms with Gasteiger partial charge in [0.25, 0.3) is 0 Å². The van der Waals surface area contributed by atoms with Crippen LogP contribution in [0.2, 0.25) is 0 Å². The monoisotopic (exact) mass is 251 g/mol. The molecule has 1 aliphatic heterocycles. The Kier molecular flexibility index (Phi) is 5.41. The van der Waals surface area contributed by atoms with E-state index in [2.05, 4.69) is 35.2 Å². The molecule has 13 heavy (non-hydrogen) atoms. The minimum Gasteiger partial charge on any atom is -1.00 e. The van der Waals surface area contributed by atoms with E-state index in [0.717, 1.165) is 0 Å². The molecule has 0 atom stereocenters. The van der Waals surface area contributed by atoms with Crippen molar-refractivity contribution < 1.29 is 2.85 Å². The van der Waals surface area contributed by atoms with Crippen LogP contribution in [0.25, 0.3) is 0 Å². The molecule has 0 bridgehead atoms. The summed E-state index contributed by atoms with van der Waals surface area (Å²) in [6, 6.07) is 10.7. The van der Waals surface area contributed by atoms with E-state index in [1.807, 2.05) is 0 Å². The van der Waals surface area contributed by atoms with E-state index in [1.165, 1.54) is 38.0 Å². The summed E-state index contributed by atoms with van der Waals surface area (Å²) in [5, 5.41) is 0. The second kappa shape index (κ2) is 6.07. The van der Waals surface area contributed by atoms with E-state index in [0.29, 0.717) is 0 Å². The first-order valence-electron chi connectivity index (χ1n) is 4.77. The van der Waals surface area contributed by atoms with E-state index < -0.39 is 0 Å². The van der Waals surface area contributed by atoms with Gasteiger partial charge in [-0.25, -0.2) is 0 Å². The summed E-state index contributed by atoms with van der Waals surface area (Å²) < 4.78 is 0. The van der Waals surface area contributed by atoms with Crippen molar-refractivity contribution in [1.29, 1.82) is 0 Å². The topological polar surface area (TPSA) is 3.24 Å². The quantitative estimate of drug-likeness (QED) is 0.693. The van der Waals surface area contributed by atoms with Crippen molar-refractivity contribution in [3.8, 4) is 0 Å². The fourth-order valence-electron chi connectivity index (χ4n) is 1.79. The van der Waals surface area contributed by atoms with Gasteiger partial charge in [-0.05, 0) is 31.4 Å². The summed E-state index contributed by atoms with van der Waals surface area (Å²) >= 11 is 0. The Labute approximate surface area is 120 Å². The van der Waals surface area contributed by atoms with Crippen LogP contribution in [-0.2, 0) is 0 Å². The third-order valence-electron chi connectivity index (χ3n) is 2.48. The van der Waals surface area contributed by atoms with Crippen molar-refractivity contribution in [1.82, 2.24) is 0 Å². The minimum atomic E-state index is 0. The molecule has 1 aliphatic rings. The largest absolute Gasteiger partial charge is 2.00 e. The Bertz CT molecular complexity index is 238. The molecule has 1 nitrogen and oxygen atoms in total. The maximum Gasteiger partial charge on any atom is 2.00 e. The summed E-state index contributed by atoms with van der Waals surface area (Å²) in [7, 11) is 0. The first-order valence-corrected chi connectivity index (χ1v) is 4.77. The van der Waals surface area contributed by atoms with Crippen LogP contribution in [0.1, 0.15) is 22.1 Å². The number of piperidine rings is 1. The average molecular weight is 251 g/mol. The van der Waals surface area contributed by atoms with Crippen LogP contribution in [0.5, 0.6) is 0 Å². The van der Waals surface area contributed by atoms with E-state index in [4.69, 9.17) is 0 Å². The molecule has 1 heterocycles. The summed E-state index contributed by atoms with van der Waals surface area (Å²) in [5.41, 5.74) is 1.39. The number of para-hydroxylation sites is 1. The predicted molar refractivity (Wildman–Crippen MR) is 60.5 cm³/mol.